The van der Waals surface area contributed by atoms with E-state index in [2.05, 4.69) is 19.2 Å². The van der Waals surface area contributed by atoms with Crippen molar-refractivity contribution in [3.63, 3.8) is 0 Å². The molecule has 3 heteroatoms. The van der Waals surface area contributed by atoms with E-state index in [0.29, 0.717) is 12.6 Å². The molecule has 0 saturated heterocycles. The van der Waals surface area contributed by atoms with E-state index < -0.39 is 5.54 Å². The van der Waals surface area contributed by atoms with Crippen LogP contribution in [0.2, 0.25) is 0 Å². The lowest BCUT2D eigenvalue weighted by Crippen LogP contribution is -2.53. The summed E-state index contributed by atoms with van der Waals surface area (Å²) in [5.41, 5.74) is 0.766. The van der Waals surface area contributed by atoms with E-state index in [9.17, 15) is 5.11 Å². The number of nitrogens with one attached hydrogen (secondary N) is 1. The van der Waals surface area contributed by atoms with Crippen LogP contribution in [0.3, 0.4) is 0 Å². The van der Waals surface area contributed by atoms with Gasteiger partial charge in [-0.15, -0.1) is 0 Å². The minimum atomic E-state index is -0.405. The third-order valence-electron chi connectivity index (χ3n) is 2.53. The molecule has 0 aliphatic rings. The van der Waals surface area contributed by atoms with Gasteiger partial charge in [-0.1, -0.05) is 26.0 Å². The normalized spacial score (nSPS) is 14.7. The fourth-order valence-electron chi connectivity index (χ4n) is 1.78. The molecule has 0 fully saturated rings. The summed E-state index contributed by atoms with van der Waals surface area (Å²) < 4.78 is 5.72. The first kappa shape index (κ1) is 14.0. The van der Waals surface area contributed by atoms with E-state index in [0.717, 1.165) is 5.75 Å². The molecule has 0 heterocycles. The maximum atomic E-state index is 9.42. The van der Waals surface area contributed by atoms with E-state index in [4.69, 9.17) is 4.74 Å². The van der Waals surface area contributed by atoms with Crippen LogP contribution in [0.5, 0.6) is 5.75 Å². The van der Waals surface area contributed by atoms with Crippen LogP contribution in [0.15, 0.2) is 24.3 Å². The van der Waals surface area contributed by atoms with Gasteiger partial charge in [-0.2, -0.15) is 0 Å². The predicted octanol–water partition coefficient (Wildman–Crippen LogP) is 2.12. The summed E-state index contributed by atoms with van der Waals surface area (Å²) in [5.74, 6) is 0.843. The van der Waals surface area contributed by atoms with Gasteiger partial charge < -0.3 is 15.2 Å². The molecule has 1 unspecified atom stereocenters. The molecule has 3 nitrogen and oxygen atoms in total. The number of ether oxygens (including phenoxy) is 1. The quantitative estimate of drug-likeness (QED) is 0.796. The molecule has 17 heavy (non-hydrogen) atoms. The van der Waals surface area contributed by atoms with E-state index >= 15 is 0 Å². The Hall–Kier alpha value is -1.06. The van der Waals surface area contributed by atoms with Crippen molar-refractivity contribution in [3.8, 4) is 5.75 Å². The van der Waals surface area contributed by atoms with Crippen LogP contribution < -0.4 is 10.1 Å². The molecule has 0 saturated carbocycles. The van der Waals surface area contributed by atoms with Gasteiger partial charge in [-0.25, -0.2) is 0 Å². The molecule has 96 valence electrons. The third kappa shape index (κ3) is 4.75. The molecular formula is C14H23NO2. The van der Waals surface area contributed by atoms with Gasteiger partial charge in [0.2, 0.25) is 0 Å². The van der Waals surface area contributed by atoms with Crippen molar-refractivity contribution in [2.24, 2.45) is 0 Å². The molecule has 0 aromatic heterocycles. The van der Waals surface area contributed by atoms with Crippen LogP contribution in [0.25, 0.3) is 0 Å². The molecule has 1 atom stereocenters. The van der Waals surface area contributed by atoms with E-state index in [1.54, 1.807) is 0 Å². The summed E-state index contributed by atoms with van der Waals surface area (Å²) in [6.45, 7) is 8.61. The number of benzene rings is 1. The Balaban J connectivity index is 2.58. The fourth-order valence-corrected chi connectivity index (χ4v) is 1.78. The maximum absolute atomic E-state index is 9.42. The number of aliphatic hydroxyl groups excluding tert-OH is 1. The Morgan fingerprint density at radius 2 is 2.12 bits per heavy atom. The number of hydrogen-bond acceptors (Lipinski definition) is 3. The second-order valence-electron chi connectivity index (χ2n) is 5.12. The van der Waals surface area contributed by atoms with Crippen molar-refractivity contribution < 1.29 is 9.84 Å². The van der Waals surface area contributed by atoms with Gasteiger partial charge in [-0.05, 0) is 31.5 Å². The average molecular weight is 237 g/mol. The Kier molecular flexibility index (Phi) is 4.97. The summed E-state index contributed by atoms with van der Waals surface area (Å²) in [6.07, 6.45) is 0. The first-order chi connectivity index (χ1) is 7.95. The first-order valence-electron chi connectivity index (χ1n) is 6.03. The Morgan fingerprint density at radius 1 is 1.41 bits per heavy atom. The third-order valence-corrected chi connectivity index (χ3v) is 2.53. The molecule has 1 aromatic carbocycles. The van der Waals surface area contributed by atoms with Gasteiger partial charge in [0, 0.05) is 6.04 Å². The summed E-state index contributed by atoms with van der Waals surface area (Å²) in [7, 11) is 0. The number of hydrogen-bond donors (Lipinski definition) is 2. The highest BCUT2D eigenvalue weighted by Crippen LogP contribution is 2.15. The lowest BCUT2D eigenvalue weighted by molar-refractivity contribution is 0.109. The van der Waals surface area contributed by atoms with Crippen LogP contribution >= 0.6 is 0 Å². The number of aryl methyl sites for hydroxylation is 1. The van der Waals surface area contributed by atoms with E-state index in [1.807, 2.05) is 38.1 Å². The predicted molar refractivity (Wildman–Crippen MR) is 70.4 cm³/mol. The minimum absolute atomic E-state index is 0.0526. The summed E-state index contributed by atoms with van der Waals surface area (Å²) in [5, 5.41) is 12.7. The van der Waals surface area contributed by atoms with E-state index in [1.165, 1.54) is 5.56 Å². The van der Waals surface area contributed by atoms with Gasteiger partial charge >= 0.3 is 0 Å². The minimum Gasteiger partial charge on any atom is -0.492 e. The van der Waals surface area contributed by atoms with Crippen molar-refractivity contribution in [2.45, 2.75) is 39.3 Å². The maximum Gasteiger partial charge on any atom is 0.119 e. The zero-order valence-corrected chi connectivity index (χ0v) is 11.2. The Labute approximate surface area is 104 Å². The highest BCUT2D eigenvalue weighted by molar-refractivity contribution is 5.27. The molecule has 0 bridgehead atoms. The van der Waals surface area contributed by atoms with Crippen LogP contribution in [-0.2, 0) is 0 Å². The van der Waals surface area contributed by atoms with Crippen molar-refractivity contribution in [3.05, 3.63) is 29.8 Å². The highest BCUT2D eigenvalue weighted by atomic mass is 16.5. The zero-order chi connectivity index (χ0) is 12.9. The average Bonchev–Trinajstić information content (AvgIpc) is 2.26. The second kappa shape index (κ2) is 6.03. The van der Waals surface area contributed by atoms with Gasteiger partial charge in [0.25, 0.3) is 0 Å². The zero-order valence-electron chi connectivity index (χ0n) is 11.2. The molecule has 0 radical (unpaired) electrons. The second-order valence-corrected chi connectivity index (χ2v) is 5.12. The summed E-state index contributed by atoms with van der Waals surface area (Å²) in [6, 6.07) is 8.24. The molecule has 0 aliphatic heterocycles. The monoisotopic (exact) mass is 237 g/mol. The van der Waals surface area contributed by atoms with Crippen LogP contribution in [0, 0.1) is 6.92 Å². The van der Waals surface area contributed by atoms with Crippen LogP contribution in [-0.4, -0.2) is 29.9 Å². The Morgan fingerprint density at radius 3 is 2.65 bits per heavy atom. The van der Waals surface area contributed by atoms with Crippen LogP contribution in [0.1, 0.15) is 26.3 Å². The van der Waals surface area contributed by atoms with Gasteiger partial charge in [-0.3, -0.25) is 0 Å². The molecule has 0 spiro atoms. The van der Waals surface area contributed by atoms with Gasteiger partial charge in [0.05, 0.1) is 12.1 Å². The van der Waals surface area contributed by atoms with E-state index in [-0.39, 0.29) is 6.61 Å². The van der Waals surface area contributed by atoms with Gasteiger partial charge in [0.15, 0.2) is 0 Å². The first-order valence-corrected chi connectivity index (χ1v) is 6.03. The topological polar surface area (TPSA) is 41.5 Å². The van der Waals surface area contributed by atoms with Crippen molar-refractivity contribution >= 4 is 0 Å². The summed E-state index contributed by atoms with van der Waals surface area (Å²) in [4.78, 5) is 0. The number of aliphatic hydroxyl groups is 1. The van der Waals surface area contributed by atoms with Crippen molar-refractivity contribution in [2.75, 3.05) is 13.2 Å². The Bertz CT molecular complexity index is 352. The summed E-state index contributed by atoms with van der Waals surface area (Å²) >= 11 is 0. The largest absolute Gasteiger partial charge is 0.492 e. The molecule has 0 amide bonds. The highest BCUT2D eigenvalue weighted by Gasteiger charge is 2.24. The molecule has 1 rings (SSSR count). The molecule has 0 aliphatic carbocycles. The van der Waals surface area contributed by atoms with Crippen LogP contribution in [0.4, 0.5) is 0 Å². The van der Waals surface area contributed by atoms with Crippen molar-refractivity contribution in [1.29, 1.82) is 0 Å². The number of rotatable bonds is 6. The molecule has 2 N–H and O–H groups in total. The standard InChI is InChI=1S/C14H23NO2/c1-11(2)15-14(4,9-16)10-17-13-7-5-6-12(3)8-13/h5-8,11,15-16H,9-10H2,1-4H3. The van der Waals surface area contributed by atoms with Crippen molar-refractivity contribution in [1.82, 2.24) is 5.32 Å². The lowest BCUT2D eigenvalue weighted by Gasteiger charge is -2.30. The fraction of sp³-hybridized carbons (Fsp3) is 0.571. The lowest BCUT2D eigenvalue weighted by atomic mass is 10.0. The smallest absolute Gasteiger partial charge is 0.119 e. The SMILES string of the molecule is Cc1cccc(OCC(C)(CO)NC(C)C)c1. The molecular weight excluding hydrogens is 214 g/mol. The molecule has 1 aromatic rings. The van der Waals surface area contributed by atoms with Gasteiger partial charge in [0.1, 0.15) is 12.4 Å².